The summed E-state index contributed by atoms with van der Waals surface area (Å²) < 4.78 is 5.45. The first-order valence-electron chi connectivity index (χ1n) is 17.7. The van der Waals surface area contributed by atoms with Crippen LogP contribution in [0.3, 0.4) is 0 Å². The van der Waals surface area contributed by atoms with E-state index in [1.165, 1.54) is 23.3 Å². The first-order valence-corrected chi connectivity index (χ1v) is 18.5. The van der Waals surface area contributed by atoms with Gasteiger partial charge in [-0.1, -0.05) is 60.9 Å². The third-order valence-electron chi connectivity index (χ3n) is 9.15. The standard InChI is InChI=1S/C36H53N7O6S/c1-23(42(6)35(48)49-36(2,3)4)30(45)39-29(25-17-11-8-12-18-25)33(47)43-22-14-19-26(43)31(46)41-32-28(24-15-9-7-10-16-24)40-34(50-32)38-27(44)20-13-21-37-5/h7,9-10,15-16,23,25-26,29,37H,8,11-14,17-22H2,1-6H3,(H,39,45)(H,41,46)(H,38,40,44)/t23-,26-,29?/m0/s1. The molecule has 50 heavy (non-hydrogen) atoms. The summed E-state index contributed by atoms with van der Waals surface area (Å²) in [6.07, 6.45) is 6.00. The van der Waals surface area contributed by atoms with Crippen LogP contribution in [0.4, 0.5) is 14.9 Å². The third-order valence-corrected chi connectivity index (χ3v) is 10.0. The molecule has 1 aliphatic carbocycles. The van der Waals surface area contributed by atoms with Gasteiger partial charge in [0.2, 0.25) is 23.6 Å². The highest BCUT2D eigenvalue weighted by atomic mass is 32.1. The SMILES string of the molecule is CNCCCC(=O)Nc1nc(-c2ccccc2)c(NC(=O)[C@@H]2CCCN2C(=O)C(NC(=O)[C@H](C)N(C)C(=O)OC(C)(C)C)C2CCCCC2)s1. The highest BCUT2D eigenvalue weighted by Crippen LogP contribution is 2.37. The van der Waals surface area contributed by atoms with E-state index in [2.05, 4.69) is 26.3 Å². The minimum absolute atomic E-state index is 0.0889. The molecular formula is C36H53N7O6S. The van der Waals surface area contributed by atoms with Gasteiger partial charge in [-0.25, -0.2) is 9.78 Å². The average Bonchev–Trinajstić information content (AvgIpc) is 3.74. The lowest BCUT2D eigenvalue weighted by molar-refractivity contribution is -0.142. The minimum Gasteiger partial charge on any atom is -0.444 e. The molecule has 3 atom stereocenters. The van der Waals surface area contributed by atoms with E-state index in [9.17, 15) is 24.0 Å². The van der Waals surface area contributed by atoms with E-state index in [-0.39, 0.29) is 23.6 Å². The fourth-order valence-electron chi connectivity index (χ4n) is 6.32. The monoisotopic (exact) mass is 711 g/mol. The molecule has 1 aliphatic heterocycles. The molecule has 1 aromatic heterocycles. The first-order chi connectivity index (χ1) is 23.8. The quantitative estimate of drug-likeness (QED) is 0.211. The number of carbonyl (C=O) groups is 5. The third kappa shape index (κ3) is 10.5. The maximum Gasteiger partial charge on any atom is 0.410 e. The lowest BCUT2D eigenvalue weighted by Gasteiger charge is -2.36. The maximum atomic E-state index is 14.3. The molecule has 1 aromatic carbocycles. The molecule has 0 bridgehead atoms. The highest BCUT2D eigenvalue weighted by Gasteiger charge is 2.42. The molecule has 274 valence electrons. The molecule has 14 heteroatoms. The summed E-state index contributed by atoms with van der Waals surface area (Å²) >= 11 is 1.17. The maximum absolute atomic E-state index is 14.3. The van der Waals surface area contributed by atoms with Crippen LogP contribution in [0.5, 0.6) is 0 Å². The number of nitrogens with one attached hydrogen (secondary N) is 4. The van der Waals surface area contributed by atoms with Gasteiger partial charge in [-0.05, 0) is 79.3 Å². The van der Waals surface area contributed by atoms with E-state index >= 15 is 0 Å². The van der Waals surface area contributed by atoms with E-state index in [0.717, 1.165) is 37.7 Å². The lowest BCUT2D eigenvalue weighted by atomic mass is 9.83. The van der Waals surface area contributed by atoms with Gasteiger partial charge in [0.25, 0.3) is 0 Å². The molecule has 4 rings (SSSR count). The Morgan fingerprint density at radius 1 is 1.02 bits per heavy atom. The number of rotatable bonds is 13. The predicted octanol–water partition coefficient (Wildman–Crippen LogP) is 5.00. The largest absolute Gasteiger partial charge is 0.444 e. The van der Waals surface area contributed by atoms with Gasteiger partial charge in [0.1, 0.15) is 34.4 Å². The van der Waals surface area contributed by atoms with Crippen molar-refractivity contribution < 1.29 is 28.7 Å². The Bertz CT molecular complexity index is 1490. The summed E-state index contributed by atoms with van der Waals surface area (Å²) in [4.78, 5) is 74.6. The molecule has 0 spiro atoms. The number of nitrogens with zero attached hydrogens (tertiary/aromatic N) is 3. The summed E-state index contributed by atoms with van der Waals surface area (Å²) in [5.74, 6) is -1.36. The normalized spacial score (nSPS) is 17.8. The van der Waals surface area contributed by atoms with Crippen molar-refractivity contribution in [2.75, 3.05) is 37.8 Å². The van der Waals surface area contributed by atoms with Gasteiger partial charge < -0.3 is 30.9 Å². The molecule has 2 fully saturated rings. The molecule has 5 amide bonds. The van der Waals surface area contributed by atoms with Crippen molar-refractivity contribution in [2.45, 2.75) is 109 Å². The highest BCUT2D eigenvalue weighted by molar-refractivity contribution is 7.20. The first kappa shape index (κ1) is 38.8. The van der Waals surface area contributed by atoms with Crippen LogP contribution in [-0.2, 0) is 23.9 Å². The van der Waals surface area contributed by atoms with Crippen LogP contribution in [-0.4, -0.2) is 95.4 Å². The van der Waals surface area contributed by atoms with Crippen molar-refractivity contribution >= 4 is 51.2 Å². The average molecular weight is 712 g/mol. The van der Waals surface area contributed by atoms with Crippen LogP contribution >= 0.6 is 11.3 Å². The van der Waals surface area contributed by atoms with Crippen LogP contribution in [0, 0.1) is 5.92 Å². The molecule has 1 saturated heterocycles. The van der Waals surface area contributed by atoms with E-state index in [1.807, 2.05) is 37.4 Å². The second-order valence-electron chi connectivity index (χ2n) is 14.1. The fourth-order valence-corrected chi connectivity index (χ4v) is 7.23. The number of amides is 5. The predicted molar refractivity (Wildman–Crippen MR) is 195 cm³/mol. The summed E-state index contributed by atoms with van der Waals surface area (Å²) in [6.45, 7) is 7.97. The van der Waals surface area contributed by atoms with Gasteiger partial charge in [-0.15, -0.1) is 0 Å². The van der Waals surface area contributed by atoms with Crippen molar-refractivity contribution in [3.63, 3.8) is 0 Å². The number of carbonyl (C=O) groups excluding carboxylic acids is 5. The van der Waals surface area contributed by atoms with Crippen LogP contribution in [0.15, 0.2) is 30.3 Å². The van der Waals surface area contributed by atoms with Gasteiger partial charge in [0, 0.05) is 25.6 Å². The van der Waals surface area contributed by atoms with Gasteiger partial charge in [-0.2, -0.15) is 0 Å². The molecular weight excluding hydrogens is 659 g/mol. The van der Waals surface area contributed by atoms with Crippen molar-refractivity contribution in [1.82, 2.24) is 25.4 Å². The Morgan fingerprint density at radius 3 is 2.38 bits per heavy atom. The number of hydrogen-bond acceptors (Lipinski definition) is 9. The second-order valence-corrected chi connectivity index (χ2v) is 15.1. The van der Waals surface area contributed by atoms with E-state index < -0.39 is 35.7 Å². The van der Waals surface area contributed by atoms with Crippen molar-refractivity contribution in [3.8, 4) is 11.3 Å². The molecule has 0 radical (unpaired) electrons. The van der Waals surface area contributed by atoms with E-state index in [1.54, 1.807) is 32.6 Å². The molecule has 2 aliphatic rings. The summed E-state index contributed by atoms with van der Waals surface area (Å²) in [5, 5.41) is 12.7. The number of likely N-dealkylation sites (tertiary alicyclic amines) is 1. The van der Waals surface area contributed by atoms with Gasteiger partial charge >= 0.3 is 6.09 Å². The molecule has 1 unspecified atom stereocenters. The van der Waals surface area contributed by atoms with Crippen molar-refractivity contribution in [3.05, 3.63) is 30.3 Å². The number of aromatic nitrogens is 1. The van der Waals surface area contributed by atoms with Crippen LogP contribution in [0.1, 0.15) is 85.5 Å². The van der Waals surface area contributed by atoms with Crippen molar-refractivity contribution in [1.29, 1.82) is 0 Å². The zero-order valence-corrected chi connectivity index (χ0v) is 31.0. The van der Waals surface area contributed by atoms with Gasteiger partial charge in [-0.3, -0.25) is 24.1 Å². The summed E-state index contributed by atoms with van der Waals surface area (Å²) in [5.41, 5.74) is 0.580. The number of likely N-dealkylation sites (N-methyl/N-ethyl adjacent to an activating group) is 1. The molecule has 1 saturated carbocycles. The minimum atomic E-state index is -0.887. The Morgan fingerprint density at radius 2 is 1.72 bits per heavy atom. The molecule has 13 nitrogen and oxygen atoms in total. The van der Waals surface area contributed by atoms with Gasteiger partial charge in [0.15, 0.2) is 5.13 Å². The van der Waals surface area contributed by atoms with Gasteiger partial charge in [0.05, 0.1) is 0 Å². The molecule has 4 N–H and O–H groups in total. The summed E-state index contributed by atoms with van der Waals surface area (Å²) in [6, 6.07) is 6.93. The van der Waals surface area contributed by atoms with Crippen LogP contribution < -0.4 is 21.3 Å². The van der Waals surface area contributed by atoms with Crippen molar-refractivity contribution in [2.24, 2.45) is 5.92 Å². The Balaban J connectivity index is 1.52. The number of hydrogen-bond donors (Lipinski definition) is 4. The number of thiazole rings is 1. The number of benzene rings is 1. The second kappa shape index (κ2) is 17.8. The lowest BCUT2D eigenvalue weighted by Crippen LogP contribution is -2.58. The number of ether oxygens (including phenoxy) is 1. The Hall–Kier alpha value is -4.04. The smallest absolute Gasteiger partial charge is 0.410 e. The summed E-state index contributed by atoms with van der Waals surface area (Å²) in [7, 11) is 3.33. The molecule has 2 heterocycles. The van der Waals surface area contributed by atoms with Crippen LogP contribution in [0.2, 0.25) is 0 Å². The van der Waals surface area contributed by atoms with E-state index in [4.69, 9.17) is 4.74 Å². The van der Waals surface area contributed by atoms with Crippen LogP contribution in [0.25, 0.3) is 11.3 Å². The zero-order chi connectivity index (χ0) is 36.4. The topological polar surface area (TPSA) is 162 Å². The Kier molecular flexibility index (Phi) is 13.8. The molecule has 2 aromatic rings. The van der Waals surface area contributed by atoms with E-state index in [0.29, 0.717) is 54.6 Å². The zero-order valence-electron chi connectivity index (χ0n) is 30.2. The Labute approximate surface area is 299 Å². The number of anilines is 2. The fraction of sp³-hybridized carbons (Fsp3) is 0.611.